The van der Waals surface area contributed by atoms with Crippen molar-refractivity contribution in [3.63, 3.8) is 0 Å². The average Bonchev–Trinajstić information content (AvgIpc) is 2.83. The predicted octanol–water partition coefficient (Wildman–Crippen LogP) is 2.47. The first-order chi connectivity index (χ1) is 15.8. The molecule has 2 amide bonds. The minimum absolute atomic E-state index is 0.0875. The molecule has 3 rings (SSSR count). The second kappa shape index (κ2) is 10.6. The summed E-state index contributed by atoms with van der Waals surface area (Å²) in [6.45, 7) is 3.96. The normalized spacial score (nSPS) is 23.3. The van der Waals surface area contributed by atoms with E-state index in [0.717, 1.165) is 12.0 Å². The van der Waals surface area contributed by atoms with Gasteiger partial charge in [-0.05, 0) is 49.2 Å². The Morgan fingerprint density at radius 3 is 2.42 bits per heavy atom. The standard InChI is InChI=1S/C25H33N3O5/c1-6-18-21(14(2)26)22(15-8-7-9-17(12-15)31-3)23(25(30)27-18)28-24(29)16-10-11-19(32-4)20(13-16)33-5/h7-14,18,21-23H,6,26H2,1-5H3,(H,27,30)(H,28,29)/t14?,18?,21?,22-,23+/m1/s1. The van der Waals surface area contributed by atoms with E-state index in [1.165, 1.54) is 14.2 Å². The molecule has 8 nitrogen and oxygen atoms in total. The molecule has 5 atom stereocenters. The van der Waals surface area contributed by atoms with Crippen LogP contribution in [0.1, 0.15) is 42.1 Å². The highest BCUT2D eigenvalue weighted by Gasteiger charge is 2.46. The summed E-state index contributed by atoms with van der Waals surface area (Å²) in [5, 5.41) is 6.01. The Balaban J connectivity index is 2.01. The molecule has 1 heterocycles. The van der Waals surface area contributed by atoms with Gasteiger partial charge in [0, 0.05) is 29.5 Å². The van der Waals surface area contributed by atoms with Crippen molar-refractivity contribution in [2.75, 3.05) is 21.3 Å². The first-order valence-electron chi connectivity index (χ1n) is 11.1. The van der Waals surface area contributed by atoms with Crippen molar-refractivity contribution in [1.82, 2.24) is 10.6 Å². The molecule has 3 unspecified atom stereocenters. The number of ether oxygens (including phenoxy) is 3. The molecular weight excluding hydrogens is 422 g/mol. The third-order valence-electron chi connectivity index (χ3n) is 6.31. The van der Waals surface area contributed by atoms with Gasteiger partial charge in [-0.15, -0.1) is 0 Å². The van der Waals surface area contributed by atoms with Crippen LogP contribution in [0.25, 0.3) is 0 Å². The summed E-state index contributed by atoms with van der Waals surface area (Å²) in [5.41, 5.74) is 7.68. The number of amides is 2. The van der Waals surface area contributed by atoms with E-state index in [0.29, 0.717) is 22.8 Å². The monoisotopic (exact) mass is 455 g/mol. The highest BCUT2D eigenvalue weighted by Crippen LogP contribution is 2.38. The fourth-order valence-corrected chi connectivity index (χ4v) is 4.69. The van der Waals surface area contributed by atoms with Crippen LogP contribution in [0.4, 0.5) is 0 Å². The van der Waals surface area contributed by atoms with E-state index in [9.17, 15) is 9.59 Å². The van der Waals surface area contributed by atoms with Gasteiger partial charge in [0.15, 0.2) is 11.5 Å². The number of methoxy groups -OCH3 is 3. The number of nitrogens with two attached hydrogens (primary N) is 1. The van der Waals surface area contributed by atoms with Crippen molar-refractivity contribution in [3.05, 3.63) is 53.6 Å². The van der Waals surface area contributed by atoms with E-state index < -0.39 is 6.04 Å². The van der Waals surface area contributed by atoms with Crippen LogP contribution in [-0.2, 0) is 4.79 Å². The molecule has 4 N–H and O–H groups in total. The lowest BCUT2D eigenvalue weighted by Crippen LogP contribution is -2.64. The first-order valence-corrected chi connectivity index (χ1v) is 11.1. The molecule has 0 aliphatic carbocycles. The van der Waals surface area contributed by atoms with Crippen LogP contribution in [0.15, 0.2) is 42.5 Å². The van der Waals surface area contributed by atoms with Gasteiger partial charge < -0.3 is 30.6 Å². The molecule has 8 heteroatoms. The summed E-state index contributed by atoms with van der Waals surface area (Å²) in [7, 11) is 4.63. The van der Waals surface area contributed by atoms with Gasteiger partial charge in [0.1, 0.15) is 11.8 Å². The van der Waals surface area contributed by atoms with Crippen LogP contribution in [0, 0.1) is 5.92 Å². The molecule has 1 aliphatic rings. The number of nitrogens with one attached hydrogen (secondary N) is 2. The van der Waals surface area contributed by atoms with Crippen molar-refractivity contribution in [3.8, 4) is 17.2 Å². The minimum Gasteiger partial charge on any atom is -0.497 e. The first kappa shape index (κ1) is 24.4. The number of hydrogen-bond donors (Lipinski definition) is 3. The number of carbonyl (C=O) groups is 2. The van der Waals surface area contributed by atoms with E-state index in [-0.39, 0.29) is 35.7 Å². The van der Waals surface area contributed by atoms with Crippen molar-refractivity contribution >= 4 is 11.8 Å². The lowest BCUT2D eigenvalue weighted by molar-refractivity contribution is -0.128. The van der Waals surface area contributed by atoms with Crippen LogP contribution in [0.5, 0.6) is 17.2 Å². The second-order valence-corrected chi connectivity index (χ2v) is 8.28. The molecule has 2 aromatic carbocycles. The topological polar surface area (TPSA) is 112 Å². The van der Waals surface area contributed by atoms with Gasteiger partial charge >= 0.3 is 0 Å². The van der Waals surface area contributed by atoms with Gasteiger partial charge in [0.05, 0.1) is 21.3 Å². The Morgan fingerprint density at radius 2 is 1.82 bits per heavy atom. The lowest BCUT2D eigenvalue weighted by Gasteiger charge is -2.45. The average molecular weight is 456 g/mol. The molecule has 1 aliphatic heterocycles. The third-order valence-corrected chi connectivity index (χ3v) is 6.31. The van der Waals surface area contributed by atoms with Crippen LogP contribution < -0.4 is 30.6 Å². The SMILES string of the molecule is CCC1NC(=O)[C@@H](NC(=O)c2ccc(OC)c(OC)c2)[C@H](c2cccc(OC)c2)C1C(C)N. The van der Waals surface area contributed by atoms with E-state index in [4.69, 9.17) is 19.9 Å². The molecule has 0 saturated carbocycles. The summed E-state index contributed by atoms with van der Waals surface area (Å²) in [6, 6.07) is 11.3. The number of benzene rings is 2. The largest absolute Gasteiger partial charge is 0.497 e. The van der Waals surface area contributed by atoms with Gasteiger partial charge in [0.25, 0.3) is 5.91 Å². The maximum absolute atomic E-state index is 13.2. The van der Waals surface area contributed by atoms with Crippen LogP contribution in [0.3, 0.4) is 0 Å². The van der Waals surface area contributed by atoms with Gasteiger partial charge in [-0.25, -0.2) is 0 Å². The highest BCUT2D eigenvalue weighted by molar-refractivity contribution is 5.98. The molecule has 0 aromatic heterocycles. The second-order valence-electron chi connectivity index (χ2n) is 8.28. The zero-order chi connectivity index (χ0) is 24.1. The van der Waals surface area contributed by atoms with Gasteiger partial charge in [0.2, 0.25) is 5.91 Å². The molecule has 0 spiro atoms. The van der Waals surface area contributed by atoms with Crippen LogP contribution in [0.2, 0.25) is 0 Å². The van der Waals surface area contributed by atoms with Gasteiger partial charge in [-0.1, -0.05) is 19.1 Å². The Morgan fingerprint density at radius 1 is 1.09 bits per heavy atom. The molecule has 0 radical (unpaired) electrons. The molecule has 0 bridgehead atoms. The minimum atomic E-state index is -0.809. The highest BCUT2D eigenvalue weighted by atomic mass is 16.5. The Hall–Kier alpha value is -3.26. The maximum atomic E-state index is 13.2. The maximum Gasteiger partial charge on any atom is 0.252 e. The van der Waals surface area contributed by atoms with Crippen molar-refractivity contribution in [2.45, 2.75) is 44.3 Å². The van der Waals surface area contributed by atoms with Crippen LogP contribution in [-0.4, -0.2) is 51.3 Å². The summed E-state index contributed by atoms with van der Waals surface area (Å²) in [6.07, 6.45) is 0.731. The number of piperidine rings is 1. The van der Waals surface area contributed by atoms with Crippen LogP contribution >= 0.6 is 0 Å². The molecule has 1 fully saturated rings. The molecule has 2 aromatic rings. The number of hydrogen-bond acceptors (Lipinski definition) is 6. The summed E-state index contributed by atoms with van der Waals surface area (Å²) >= 11 is 0. The molecular formula is C25H33N3O5. The Kier molecular flexibility index (Phi) is 7.81. The van der Waals surface area contributed by atoms with E-state index in [2.05, 4.69) is 10.6 Å². The predicted molar refractivity (Wildman–Crippen MR) is 126 cm³/mol. The van der Waals surface area contributed by atoms with Crippen molar-refractivity contribution in [1.29, 1.82) is 0 Å². The zero-order valence-corrected chi connectivity index (χ0v) is 19.8. The summed E-state index contributed by atoms with van der Waals surface area (Å²) in [5.74, 6) is 0.588. The van der Waals surface area contributed by atoms with Gasteiger partial charge in [-0.3, -0.25) is 9.59 Å². The Labute approximate surface area is 194 Å². The van der Waals surface area contributed by atoms with E-state index >= 15 is 0 Å². The quantitative estimate of drug-likeness (QED) is 0.564. The van der Waals surface area contributed by atoms with E-state index in [1.54, 1.807) is 25.3 Å². The van der Waals surface area contributed by atoms with E-state index in [1.807, 2.05) is 38.1 Å². The number of carbonyl (C=O) groups excluding carboxylic acids is 2. The van der Waals surface area contributed by atoms with Crippen molar-refractivity contribution in [2.24, 2.45) is 11.7 Å². The fraction of sp³-hybridized carbons (Fsp3) is 0.440. The van der Waals surface area contributed by atoms with Crippen molar-refractivity contribution < 1.29 is 23.8 Å². The third kappa shape index (κ3) is 5.06. The smallest absolute Gasteiger partial charge is 0.252 e. The fourth-order valence-electron chi connectivity index (χ4n) is 4.69. The molecule has 1 saturated heterocycles. The summed E-state index contributed by atoms with van der Waals surface area (Å²) in [4.78, 5) is 26.4. The molecule has 178 valence electrons. The zero-order valence-electron chi connectivity index (χ0n) is 19.8. The number of rotatable bonds is 8. The molecule has 33 heavy (non-hydrogen) atoms. The summed E-state index contributed by atoms with van der Waals surface area (Å²) < 4.78 is 16.0. The van der Waals surface area contributed by atoms with Gasteiger partial charge in [-0.2, -0.15) is 0 Å². The Bertz CT molecular complexity index is 994. The lowest BCUT2D eigenvalue weighted by atomic mass is 9.70.